The molecule has 0 aromatic carbocycles. The van der Waals surface area contributed by atoms with Gasteiger partial charge in [0, 0.05) is 6.54 Å². The highest BCUT2D eigenvalue weighted by Gasteiger charge is 2.20. The van der Waals surface area contributed by atoms with Crippen LogP contribution in [0.1, 0.15) is 45.4 Å². The van der Waals surface area contributed by atoms with Gasteiger partial charge in [-0.1, -0.05) is 13.3 Å². The van der Waals surface area contributed by atoms with Gasteiger partial charge in [0.25, 0.3) is 0 Å². The van der Waals surface area contributed by atoms with E-state index in [2.05, 4.69) is 5.32 Å². The van der Waals surface area contributed by atoms with Crippen molar-refractivity contribution in [2.45, 2.75) is 51.6 Å². The van der Waals surface area contributed by atoms with Gasteiger partial charge in [-0.2, -0.15) is 0 Å². The maximum Gasteiger partial charge on any atom is 0.407 e. The van der Waals surface area contributed by atoms with E-state index in [1.165, 1.54) is 0 Å². The molecule has 0 spiro atoms. The molecule has 0 aromatic rings. The molecule has 6 nitrogen and oxygen atoms in total. The van der Waals surface area contributed by atoms with Gasteiger partial charge in [-0.25, -0.2) is 4.79 Å². The lowest BCUT2D eigenvalue weighted by molar-refractivity contribution is -0.137. The van der Waals surface area contributed by atoms with Crippen molar-refractivity contribution >= 4 is 18.4 Å². The van der Waals surface area contributed by atoms with Gasteiger partial charge in [0.2, 0.25) is 12.3 Å². The number of nitrogens with zero attached hydrogens (tertiary/aromatic N) is 1. The Balaban J connectivity index is 2.23. The zero-order chi connectivity index (χ0) is 14.1. The molecule has 1 aliphatic rings. The quantitative estimate of drug-likeness (QED) is 0.710. The number of carbonyl (C=O) groups is 3. The number of imide groups is 1. The summed E-state index contributed by atoms with van der Waals surface area (Å²) in [4.78, 5) is 34.9. The van der Waals surface area contributed by atoms with E-state index < -0.39 is 12.0 Å². The second-order valence-electron chi connectivity index (χ2n) is 4.71. The predicted molar refractivity (Wildman–Crippen MR) is 69.4 cm³/mol. The normalized spacial score (nSPS) is 15.0. The summed E-state index contributed by atoms with van der Waals surface area (Å²) in [6.45, 7) is 2.16. The van der Waals surface area contributed by atoms with Crippen molar-refractivity contribution < 1.29 is 19.1 Å². The number of carbonyl (C=O) groups excluding carboxylic acids is 3. The number of nitrogens with one attached hydrogen (secondary N) is 1. The van der Waals surface area contributed by atoms with Crippen LogP contribution in [0.2, 0.25) is 0 Å². The van der Waals surface area contributed by atoms with E-state index in [1.807, 2.05) is 6.92 Å². The van der Waals surface area contributed by atoms with E-state index in [0.717, 1.165) is 43.4 Å². The molecule has 0 bridgehead atoms. The minimum Gasteiger partial charge on any atom is -0.446 e. The predicted octanol–water partition coefficient (Wildman–Crippen LogP) is 1.44. The molecule has 1 saturated carbocycles. The number of ether oxygens (including phenoxy) is 1. The van der Waals surface area contributed by atoms with Gasteiger partial charge < -0.3 is 10.1 Å². The Labute approximate surface area is 113 Å². The van der Waals surface area contributed by atoms with Gasteiger partial charge in [0.1, 0.15) is 12.6 Å². The van der Waals surface area contributed by atoms with E-state index in [0.29, 0.717) is 13.0 Å². The minimum absolute atomic E-state index is 0.0302. The van der Waals surface area contributed by atoms with Crippen molar-refractivity contribution in [2.24, 2.45) is 0 Å². The van der Waals surface area contributed by atoms with Crippen LogP contribution in [0.15, 0.2) is 0 Å². The maximum absolute atomic E-state index is 11.6. The number of alkyl carbamates (subject to hydrolysis) is 1. The molecule has 1 aliphatic carbocycles. The first-order valence-corrected chi connectivity index (χ1v) is 6.86. The van der Waals surface area contributed by atoms with Crippen LogP contribution in [0.25, 0.3) is 0 Å². The average Bonchev–Trinajstić information content (AvgIpc) is 2.90. The van der Waals surface area contributed by atoms with Crippen LogP contribution < -0.4 is 5.32 Å². The number of hydrogen-bond acceptors (Lipinski definition) is 4. The molecular formula is C13H22N2O4. The third kappa shape index (κ3) is 5.72. The van der Waals surface area contributed by atoms with Gasteiger partial charge in [-0.05, 0) is 32.1 Å². The third-order valence-electron chi connectivity index (χ3n) is 3.16. The van der Waals surface area contributed by atoms with Crippen LogP contribution in [0.4, 0.5) is 4.79 Å². The molecule has 0 heterocycles. The zero-order valence-corrected chi connectivity index (χ0v) is 11.4. The van der Waals surface area contributed by atoms with E-state index in [1.54, 1.807) is 0 Å². The Bertz CT molecular complexity index is 314. The summed E-state index contributed by atoms with van der Waals surface area (Å²) in [5, 5.41) is 2.39. The molecule has 0 aromatic heterocycles. The van der Waals surface area contributed by atoms with Gasteiger partial charge in [-0.15, -0.1) is 0 Å². The molecular weight excluding hydrogens is 248 g/mol. The molecule has 1 N–H and O–H groups in total. The second kappa shape index (κ2) is 8.50. The molecule has 0 unspecified atom stereocenters. The maximum atomic E-state index is 11.6. The summed E-state index contributed by atoms with van der Waals surface area (Å²) in [6, 6.07) is 0. The van der Waals surface area contributed by atoms with Gasteiger partial charge >= 0.3 is 6.09 Å². The highest BCUT2D eigenvalue weighted by Crippen LogP contribution is 2.20. The third-order valence-corrected chi connectivity index (χ3v) is 3.16. The molecule has 1 rings (SSSR count). The van der Waals surface area contributed by atoms with Crippen molar-refractivity contribution in [1.82, 2.24) is 10.2 Å². The summed E-state index contributed by atoms with van der Waals surface area (Å²) < 4.78 is 5.15. The summed E-state index contributed by atoms with van der Waals surface area (Å²) in [5.74, 6) is -0.410. The van der Waals surface area contributed by atoms with E-state index in [-0.39, 0.29) is 12.6 Å². The van der Waals surface area contributed by atoms with E-state index in [4.69, 9.17) is 4.74 Å². The van der Waals surface area contributed by atoms with Crippen molar-refractivity contribution in [3.8, 4) is 0 Å². The summed E-state index contributed by atoms with van der Waals surface area (Å²) in [5.41, 5.74) is 0. The number of amides is 3. The molecule has 108 valence electrons. The molecule has 3 amide bonds. The molecule has 0 aliphatic heterocycles. The first kappa shape index (κ1) is 15.5. The monoisotopic (exact) mass is 270 g/mol. The molecule has 1 fully saturated rings. The summed E-state index contributed by atoms with van der Waals surface area (Å²) >= 11 is 0. The van der Waals surface area contributed by atoms with Crippen LogP contribution in [0.3, 0.4) is 0 Å². The number of hydrogen-bond donors (Lipinski definition) is 1. The fourth-order valence-corrected chi connectivity index (χ4v) is 2.01. The fourth-order valence-electron chi connectivity index (χ4n) is 2.01. The SMILES string of the molecule is CCCCN(C=O)C(=O)CNC(=O)OC1CCCC1. The van der Waals surface area contributed by atoms with Gasteiger partial charge in [0.15, 0.2) is 0 Å². The second-order valence-corrected chi connectivity index (χ2v) is 4.71. The van der Waals surface area contributed by atoms with E-state index in [9.17, 15) is 14.4 Å². The topological polar surface area (TPSA) is 75.7 Å². The fraction of sp³-hybridized carbons (Fsp3) is 0.769. The number of unbranched alkanes of at least 4 members (excludes halogenated alkanes) is 1. The Morgan fingerprint density at radius 1 is 1.37 bits per heavy atom. The standard InChI is InChI=1S/C13H22N2O4/c1-2-3-8-15(10-16)12(17)9-14-13(18)19-11-6-4-5-7-11/h10-11H,2-9H2,1H3,(H,14,18). The van der Waals surface area contributed by atoms with Crippen molar-refractivity contribution in [2.75, 3.05) is 13.1 Å². The lowest BCUT2D eigenvalue weighted by Crippen LogP contribution is -2.40. The largest absolute Gasteiger partial charge is 0.446 e. The smallest absolute Gasteiger partial charge is 0.407 e. The summed E-state index contributed by atoms with van der Waals surface area (Å²) in [6.07, 6.45) is 5.48. The first-order chi connectivity index (χ1) is 9.17. The molecule has 6 heteroatoms. The highest BCUT2D eigenvalue weighted by molar-refractivity contribution is 5.89. The van der Waals surface area contributed by atoms with Crippen LogP contribution in [0, 0.1) is 0 Å². The van der Waals surface area contributed by atoms with E-state index >= 15 is 0 Å². The molecule has 0 radical (unpaired) electrons. The van der Waals surface area contributed by atoms with Crippen LogP contribution in [0.5, 0.6) is 0 Å². The first-order valence-electron chi connectivity index (χ1n) is 6.86. The van der Waals surface area contributed by atoms with Gasteiger partial charge in [0.05, 0.1) is 0 Å². The van der Waals surface area contributed by atoms with Gasteiger partial charge in [-0.3, -0.25) is 14.5 Å². The Morgan fingerprint density at radius 3 is 2.63 bits per heavy atom. The van der Waals surface area contributed by atoms with Crippen LogP contribution in [-0.2, 0) is 14.3 Å². The van der Waals surface area contributed by atoms with Crippen molar-refractivity contribution in [1.29, 1.82) is 0 Å². The zero-order valence-electron chi connectivity index (χ0n) is 11.4. The number of rotatable bonds is 7. The van der Waals surface area contributed by atoms with Crippen LogP contribution >= 0.6 is 0 Å². The molecule has 19 heavy (non-hydrogen) atoms. The molecule has 0 atom stereocenters. The minimum atomic E-state index is -0.582. The summed E-state index contributed by atoms with van der Waals surface area (Å²) in [7, 11) is 0. The lowest BCUT2D eigenvalue weighted by Gasteiger charge is -2.16. The lowest BCUT2D eigenvalue weighted by atomic mass is 10.3. The van der Waals surface area contributed by atoms with Crippen molar-refractivity contribution in [3.63, 3.8) is 0 Å². The Kier molecular flexibility index (Phi) is 6.92. The Morgan fingerprint density at radius 2 is 2.05 bits per heavy atom. The Hall–Kier alpha value is -1.59. The van der Waals surface area contributed by atoms with Crippen molar-refractivity contribution in [3.05, 3.63) is 0 Å². The average molecular weight is 270 g/mol. The van der Waals surface area contributed by atoms with Crippen LogP contribution in [-0.4, -0.2) is 42.5 Å². The molecule has 0 saturated heterocycles. The highest BCUT2D eigenvalue weighted by atomic mass is 16.6.